The molecule has 0 heterocycles. The Hall–Kier alpha value is -4.25. The van der Waals surface area contributed by atoms with Crippen molar-refractivity contribution in [3.05, 3.63) is 117 Å². The van der Waals surface area contributed by atoms with Crippen LogP contribution in [0.4, 0.5) is 5.69 Å². The molecule has 0 aromatic heterocycles. The summed E-state index contributed by atoms with van der Waals surface area (Å²) in [5.74, 6) is -0.440. The van der Waals surface area contributed by atoms with Gasteiger partial charge in [-0.2, -0.15) is 0 Å². The van der Waals surface area contributed by atoms with Gasteiger partial charge in [0.25, 0.3) is 10.0 Å². The number of rotatable bonds is 13. The van der Waals surface area contributed by atoms with Gasteiger partial charge in [0.2, 0.25) is 11.8 Å². The molecule has 0 aliphatic heterocycles. The Morgan fingerprint density at radius 2 is 1.44 bits per heavy atom. The molecule has 1 unspecified atom stereocenters. The molecule has 0 saturated heterocycles. The van der Waals surface area contributed by atoms with Crippen molar-refractivity contribution in [1.82, 2.24) is 10.2 Å². The average Bonchev–Trinajstić information content (AvgIpc) is 3.05. The van der Waals surface area contributed by atoms with Crippen LogP contribution in [-0.2, 0) is 32.6 Å². The summed E-state index contributed by atoms with van der Waals surface area (Å²) in [5, 5.41) is 3.64. The standard InChI is InChI=1S/C38H43Cl2N3O6S/c1-25-17-26(2)19-29(18-25)43(50(46,47)30-14-16-34(48-6)35(22-30)49-7)24-36(44)42(23-28-13-15-31(39)32(40)20-28)33(37(45)41-38(3,4)5)21-27-11-9-8-10-12-27/h8-20,22,33H,21,23-24H2,1-7H3,(H,41,45). The number of carbonyl (C=O) groups is 2. The smallest absolute Gasteiger partial charge is 0.264 e. The number of ether oxygens (including phenoxy) is 2. The van der Waals surface area contributed by atoms with Crippen LogP contribution < -0.4 is 19.1 Å². The molecule has 1 atom stereocenters. The molecule has 266 valence electrons. The Morgan fingerprint density at radius 1 is 0.800 bits per heavy atom. The first-order valence-corrected chi connectivity index (χ1v) is 18.1. The second kappa shape index (κ2) is 16.2. The molecular formula is C38H43Cl2N3O6S. The Morgan fingerprint density at radius 3 is 2.02 bits per heavy atom. The molecule has 2 amide bonds. The molecular weight excluding hydrogens is 697 g/mol. The Labute approximate surface area is 305 Å². The zero-order chi connectivity index (χ0) is 36.8. The van der Waals surface area contributed by atoms with Gasteiger partial charge in [0.1, 0.15) is 12.6 Å². The molecule has 9 nitrogen and oxygen atoms in total. The summed E-state index contributed by atoms with van der Waals surface area (Å²) in [6.07, 6.45) is 0.168. The fourth-order valence-corrected chi connectivity index (χ4v) is 7.30. The Balaban J connectivity index is 1.88. The molecule has 12 heteroatoms. The highest BCUT2D eigenvalue weighted by Gasteiger charge is 2.36. The van der Waals surface area contributed by atoms with Gasteiger partial charge >= 0.3 is 0 Å². The monoisotopic (exact) mass is 739 g/mol. The minimum atomic E-state index is -4.38. The molecule has 0 radical (unpaired) electrons. The number of amides is 2. The molecule has 0 aliphatic carbocycles. The summed E-state index contributed by atoms with van der Waals surface area (Å²) in [7, 11) is -1.51. The first-order valence-electron chi connectivity index (χ1n) is 15.9. The maximum absolute atomic E-state index is 14.8. The van der Waals surface area contributed by atoms with Gasteiger partial charge in [0.15, 0.2) is 11.5 Å². The predicted molar refractivity (Wildman–Crippen MR) is 199 cm³/mol. The number of carbonyl (C=O) groups excluding carboxylic acids is 2. The number of halogens is 2. The number of sulfonamides is 1. The van der Waals surface area contributed by atoms with Crippen LogP contribution >= 0.6 is 23.2 Å². The first kappa shape index (κ1) is 38.6. The third kappa shape index (κ3) is 9.71. The fourth-order valence-electron chi connectivity index (χ4n) is 5.57. The highest BCUT2D eigenvalue weighted by Crippen LogP contribution is 2.33. The van der Waals surface area contributed by atoms with Gasteiger partial charge in [-0.1, -0.05) is 65.7 Å². The summed E-state index contributed by atoms with van der Waals surface area (Å²) in [4.78, 5) is 30.2. The van der Waals surface area contributed by atoms with E-state index in [1.165, 1.54) is 37.3 Å². The van der Waals surface area contributed by atoms with Gasteiger partial charge in [-0.15, -0.1) is 0 Å². The maximum Gasteiger partial charge on any atom is 0.264 e. The number of nitrogens with zero attached hydrogens (tertiary/aromatic N) is 2. The summed E-state index contributed by atoms with van der Waals surface area (Å²) >= 11 is 12.6. The van der Waals surface area contributed by atoms with E-state index in [2.05, 4.69) is 5.32 Å². The van der Waals surface area contributed by atoms with Gasteiger partial charge in [-0.25, -0.2) is 8.42 Å². The van der Waals surface area contributed by atoms with Crippen LogP contribution in [-0.4, -0.2) is 57.5 Å². The topological polar surface area (TPSA) is 105 Å². The molecule has 0 bridgehead atoms. The highest BCUT2D eigenvalue weighted by atomic mass is 35.5. The summed E-state index contributed by atoms with van der Waals surface area (Å²) in [6, 6.07) is 22.9. The van der Waals surface area contributed by atoms with Gasteiger partial charge in [0.05, 0.1) is 34.8 Å². The van der Waals surface area contributed by atoms with E-state index in [0.717, 1.165) is 21.0 Å². The number of benzene rings is 4. The van der Waals surface area contributed by atoms with Crippen LogP contribution in [0, 0.1) is 13.8 Å². The number of hydrogen-bond donors (Lipinski definition) is 1. The Bertz CT molecular complexity index is 1930. The molecule has 4 rings (SSSR count). The molecule has 50 heavy (non-hydrogen) atoms. The highest BCUT2D eigenvalue weighted by molar-refractivity contribution is 7.92. The van der Waals surface area contributed by atoms with Crippen LogP contribution in [0.2, 0.25) is 10.0 Å². The lowest BCUT2D eigenvalue weighted by Gasteiger charge is -2.35. The van der Waals surface area contributed by atoms with E-state index in [1.54, 1.807) is 30.3 Å². The number of nitrogens with one attached hydrogen (secondary N) is 1. The molecule has 4 aromatic rings. The van der Waals surface area contributed by atoms with E-state index < -0.39 is 40.0 Å². The van der Waals surface area contributed by atoms with E-state index in [0.29, 0.717) is 22.0 Å². The molecule has 0 fully saturated rings. The van der Waals surface area contributed by atoms with Gasteiger partial charge < -0.3 is 19.7 Å². The lowest BCUT2D eigenvalue weighted by Crippen LogP contribution is -2.56. The van der Waals surface area contributed by atoms with Crippen LogP contribution in [0.1, 0.15) is 43.0 Å². The van der Waals surface area contributed by atoms with Crippen molar-refractivity contribution in [3.8, 4) is 11.5 Å². The van der Waals surface area contributed by atoms with Gasteiger partial charge in [0, 0.05) is 24.6 Å². The van der Waals surface area contributed by atoms with Crippen LogP contribution in [0.25, 0.3) is 0 Å². The molecule has 0 saturated carbocycles. The van der Waals surface area contributed by atoms with E-state index in [-0.39, 0.29) is 28.6 Å². The van der Waals surface area contributed by atoms with E-state index >= 15 is 0 Å². The van der Waals surface area contributed by atoms with Crippen molar-refractivity contribution < 1.29 is 27.5 Å². The van der Waals surface area contributed by atoms with Crippen molar-refractivity contribution in [2.45, 2.75) is 64.1 Å². The Kier molecular flexibility index (Phi) is 12.5. The summed E-state index contributed by atoms with van der Waals surface area (Å²) in [6.45, 7) is 8.59. The summed E-state index contributed by atoms with van der Waals surface area (Å²) < 4.78 is 40.9. The van der Waals surface area contributed by atoms with Crippen LogP contribution in [0.3, 0.4) is 0 Å². The van der Waals surface area contributed by atoms with Crippen molar-refractivity contribution >= 4 is 50.7 Å². The number of methoxy groups -OCH3 is 2. The number of anilines is 1. The quantitative estimate of drug-likeness (QED) is 0.154. The second-order valence-corrected chi connectivity index (χ2v) is 15.8. The molecule has 0 spiro atoms. The predicted octanol–water partition coefficient (Wildman–Crippen LogP) is 7.38. The lowest BCUT2D eigenvalue weighted by molar-refractivity contribution is -0.140. The third-order valence-electron chi connectivity index (χ3n) is 7.82. The van der Waals surface area contributed by atoms with Crippen molar-refractivity contribution in [2.24, 2.45) is 0 Å². The van der Waals surface area contributed by atoms with Gasteiger partial charge in [-0.3, -0.25) is 13.9 Å². The van der Waals surface area contributed by atoms with Crippen LogP contribution in [0.5, 0.6) is 11.5 Å². The fraction of sp³-hybridized carbons (Fsp3) is 0.316. The zero-order valence-corrected chi connectivity index (χ0v) is 31.6. The van der Waals surface area contributed by atoms with E-state index in [9.17, 15) is 18.0 Å². The largest absolute Gasteiger partial charge is 0.493 e. The summed E-state index contributed by atoms with van der Waals surface area (Å²) in [5.41, 5.74) is 2.71. The van der Waals surface area contributed by atoms with Crippen molar-refractivity contribution in [2.75, 3.05) is 25.1 Å². The first-order chi connectivity index (χ1) is 23.5. The second-order valence-electron chi connectivity index (χ2n) is 13.1. The van der Waals surface area contributed by atoms with Crippen molar-refractivity contribution in [3.63, 3.8) is 0 Å². The molecule has 0 aliphatic rings. The average molecular weight is 741 g/mol. The van der Waals surface area contributed by atoms with Crippen LogP contribution in [0.15, 0.2) is 89.8 Å². The molecule has 1 N–H and O–H groups in total. The van der Waals surface area contributed by atoms with Crippen molar-refractivity contribution in [1.29, 1.82) is 0 Å². The minimum absolute atomic E-state index is 0.0537. The number of hydrogen-bond acceptors (Lipinski definition) is 6. The van der Waals surface area contributed by atoms with Gasteiger partial charge in [-0.05, 0) is 93.3 Å². The third-order valence-corrected chi connectivity index (χ3v) is 10.3. The zero-order valence-electron chi connectivity index (χ0n) is 29.3. The number of aryl methyl sites for hydroxylation is 2. The molecule has 4 aromatic carbocycles. The van der Waals surface area contributed by atoms with E-state index in [4.69, 9.17) is 32.7 Å². The SMILES string of the molecule is COc1ccc(S(=O)(=O)N(CC(=O)N(Cc2ccc(Cl)c(Cl)c2)C(Cc2ccccc2)C(=O)NC(C)(C)C)c2cc(C)cc(C)c2)cc1OC. The minimum Gasteiger partial charge on any atom is -0.493 e. The lowest BCUT2D eigenvalue weighted by atomic mass is 10.0. The maximum atomic E-state index is 14.8. The van der Waals surface area contributed by atoms with E-state index in [1.807, 2.05) is 71.0 Å². The normalized spacial score (nSPS) is 12.2.